The fraction of sp³-hybridized carbons (Fsp3) is 0.286. The summed E-state index contributed by atoms with van der Waals surface area (Å²) < 4.78 is 11.8. The number of hydrogen-bond acceptors (Lipinski definition) is 5. The molecule has 0 fully saturated rings. The summed E-state index contributed by atoms with van der Waals surface area (Å²) in [5.74, 6) is 0.894. The Morgan fingerprint density at radius 1 is 1.14 bits per heavy atom. The summed E-state index contributed by atoms with van der Waals surface area (Å²) in [4.78, 5) is 29.6. The number of carbonyl (C=O) groups excluding carboxylic acids is 1. The lowest BCUT2D eigenvalue weighted by atomic mass is 10.0. The zero-order chi connectivity index (χ0) is 20.3. The van der Waals surface area contributed by atoms with Crippen molar-refractivity contribution in [1.82, 2.24) is 9.55 Å². The molecule has 28 heavy (non-hydrogen) atoms. The van der Waals surface area contributed by atoms with Gasteiger partial charge in [-0.25, -0.2) is 4.98 Å². The van der Waals surface area contributed by atoms with Gasteiger partial charge in [-0.1, -0.05) is 32.0 Å². The first-order valence-electron chi connectivity index (χ1n) is 8.94. The van der Waals surface area contributed by atoms with Crippen LogP contribution in [-0.2, 0) is 11.3 Å². The molecule has 3 aromatic rings. The number of rotatable bonds is 6. The number of carbonyl (C=O) groups is 1. The monoisotopic (exact) mass is 381 g/mol. The maximum Gasteiger partial charge on any atom is 0.261 e. The second kappa shape index (κ2) is 8.12. The Morgan fingerprint density at radius 2 is 1.82 bits per heavy atom. The normalized spacial score (nSPS) is 10.9. The number of ether oxygens (including phenoxy) is 2. The number of amides is 1. The first-order valence-corrected chi connectivity index (χ1v) is 8.94. The predicted molar refractivity (Wildman–Crippen MR) is 108 cm³/mol. The van der Waals surface area contributed by atoms with Crippen LogP contribution in [0.4, 0.5) is 5.69 Å². The van der Waals surface area contributed by atoms with Crippen LogP contribution in [0, 0.1) is 0 Å². The molecule has 0 aliphatic rings. The van der Waals surface area contributed by atoms with E-state index in [1.807, 2.05) is 24.3 Å². The number of nitrogens with one attached hydrogen (secondary N) is 1. The van der Waals surface area contributed by atoms with Gasteiger partial charge in [0.2, 0.25) is 5.91 Å². The molecule has 0 spiro atoms. The van der Waals surface area contributed by atoms with Crippen molar-refractivity contribution in [2.75, 3.05) is 19.5 Å². The molecule has 1 aromatic heterocycles. The number of nitrogens with zero attached hydrogens (tertiary/aromatic N) is 2. The molecule has 146 valence electrons. The van der Waals surface area contributed by atoms with Gasteiger partial charge in [-0.15, -0.1) is 0 Å². The summed E-state index contributed by atoms with van der Waals surface area (Å²) in [6.07, 6.45) is 1.37. The van der Waals surface area contributed by atoms with Crippen LogP contribution < -0.4 is 20.3 Å². The Morgan fingerprint density at radius 3 is 2.50 bits per heavy atom. The Labute approximate surface area is 162 Å². The molecule has 0 saturated heterocycles. The van der Waals surface area contributed by atoms with E-state index in [9.17, 15) is 9.59 Å². The molecule has 2 aromatic carbocycles. The molecular weight excluding hydrogens is 358 g/mol. The number of anilines is 1. The standard InChI is InChI=1S/C21H23N3O4/c1-13(2)14-7-5-6-8-16(14)23-20(25)11-24-12-22-17-10-19(28-4)18(27-3)9-15(17)21(24)26/h5-10,12-13H,11H2,1-4H3,(H,23,25). The molecule has 3 rings (SSSR count). The highest BCUT2D eigenvalue weighted by Crippen LogP contribution is 2.29. The number of fused-ring (bicyclic) bond motifs is 1. The zero-order valence-electron chi connectivity index (χ0n) is 16.4. The highest BCUT2D eigenvalue weighted by Gasteiger charge is 2.14. The minimum Gasteiger partial charge on any atom is -0.493 e. The van der Waals surface area contributed by atoms with Gasteiger partial charge in [0.1, 0.15) is 6.54 Å². The van der Waals surface area contributed by atoms with Crippen LogP contribution in [-0.4, -0.2) is 29.7 Å². The number of benzene rings is 2. The molecular formula is C21H23N3O4. The van der Waals surface area contributed by atoms with Gasteiger partial charge in [-0.2, -0.15) is 0 Å². The van der Waals surface area contributed by atoms with Crippen LogP contribution in [0.5, 0.6) is 11.5 Å². The van der Waals surface area contributed by atoms with E-state index in [-0.39, 0.29) is 23.9 Å². The quantitative estimate of drug-likeness (QED) is 0.709. The largest absolute Gasteiger partial charge is 0.493 e. The third-order valence-electron chi connectivity index (χ3n) is 4.50. The number of methoxy groups -OCH3 is 2. The van der Waals surface area contributed by atoms with Gasteiger partial charge in [-0.05, 0) is 23.6 Å². The predicted octanol–water partition coefficient (Wildman–Crippen LogP) is 3.18. The van der Waals surface area contributed by atoms with Crippen LogP contribution in [0.3, 0.4) is 0 Å². The fourth-order valence-corrected chi connectivity index (χ4v) is 3.06. The van der Waals surface area contributed by atoms with Gasteiger partial charge < -0.3 is 14.8 Å². The van der Waals surface area contributed by atoms with Crippen LogP contribution in [0.25, 0.3) is 10.9 Å². The molecule has 1 amide bonds. The van der Waals surface area contributed by atoms with E-state index in [0.29, 0.717) is 22.4 Å². The topological polar surface area (TPSA) is 82.5 Å². The smallest absolute Gasteiger partial charge is 0.261 e. The average molecular weight is 381 g/mol. The van der Waals surface area contributed by atoms with Crippen LogP contribution in [0.1, 0.15) is 25.3 Å². The van der Waals surface area contributed by atoms with Gasteiger partial charge >= 0.3 is 0 Å². The molecule has 0 aliphatic carbocycles. The Balaban J connectivity index is 1.89. The van der Waals surface area contributed by atoms with Crippen molar-refractivity contribution >= 4 is 22.5 Å². The van der Waals surface area contributed by atoms with Crippen molar-refractivity contribution in [3.63, 3.8) is 0 Å². The molecule has 0 aliphatic heterocycles. The molecule has 1 N–H and O–H groups in total. The summed E-state index contributed by atoms with van der Waals surface area (Å²) in [5, 5.41) is 3.24. The van der Waals surface area contributed by atoms with Gasteiger partial charge in [-0.3, -0.25) is 14.2 Å². The van der Waals surface area contributed by atoms with E-state index in [0.717, 1.165) is 11.3 Å². The molecule has 0 bridgehead atoms. The summed E-state index contributed by atoms with van der Waals surface area (Å²) in [5.41, 5.74) is 1.94. The highest BCUT2D eigenvalue weighted by molar-refractivity contribution is 5.91. The lowest BCUT2D eigenvalue weighted by Crippen LogP contribution is -2.28. The van der Waals surface area contributed by atoms with Crippen molar-refractivity contribution in [2.45, 2.75) is 26.3 Å². The molecule has 0 unspecified atom stereocenters. The van der Waals surface area contributed by atoms with Gasteiger partial charge in [0, 0.05) is 11.8 Å². The number of para-hydroxylation sites is 1. The third kappa shape index (κ3) is 3.83. The van der Waals surface area contributed by atoms with E-state index in [4.69, 9.17) is 9.47 Å². The fourth-order valence-electron chi connectivity index (χ4n) is 3.06. The number of hydrogen-bond donors (Lipinski definition) is 1. The summed E-state index contributed by atoms with van der Waals surface area (Å²) in [6.45, 7) is 3.98. The minimum atomic E-state index is -0.321. The summed E-state index contributed by atoms with van der Waals surface area (Å²) >= 11 is 0. The minimum absolute atomic E-state index is 0.136. The third-order valence-corrected chi connectivity index (χ3v) is 4.50. The molecule has 0 atom stereocenters. The lowest BCUT2D eigenvalue weighted by Gasteiger charge is -2.14. The van der Waals surface area contributed by atoms with E-state index < -0.39 is 0 Å². The van der Waals surface area contributed by atoms with E-state index in [1.54, 1.807) is 12.1 Å². The first-order chi connectivity index (χ1) is 13.4. The molecule has 7 heteroatoms. The maximum atomic E-state index is 12.8. The van der Waals surface area contributed by atoms with Crippen molar-refractivity contribution in [1.29, 1.82) is 0 Å². The SMILES string of the molecule is COc1cc2ncn(CC(=O)Nc3ccccc3C(C)C)c(=O)c2cc1OC. The van der Waals surface area contributed by atoms with Crippen molar-refractivity contribution < 1.29 is 14.3 Å². The number of aromatic nitrogens is 2. The van der Waals surface area contributed by atoms with Crippen LogP contribution >= 0.6 is 0 Å². The maximum absolute atomic E-state index is 12.8. The van der Waals surface area contributed by atoms with Crippen molar-refractivity contribution in [3.8, 4) is 11.5 Å². The molecule has 7 nitrogen and oxygen atoms in total. The van der Waals surface area contributed by atoms with E-state index >= 15 is 0 Å². The molecule has 0 radical (unpaired) electrons. The van der Waals surface area contributed by atoms with Crippen molar-refractivity contribution in [3.05, 3.63) is 58.6 Å². The van der Waals surface area contributed by atoms with E-state index in [1.165, 1.54) is 25.1 Å². The van der Waals surface area contributed by atoms with Gasteiger partial charge in [0.25, 0.3) is 5.56 Å². The van der Waals surface area contributed by atoms with Crippen molar-refractivity contribution in [2.24, 2.45) is 0 Å². The first kappa shape index (κ1) is 19.4. The summed E-state index contributed by atoms with van der Waals surface area (Å²) in [7, 11) is 3.02. The van der Waals surface area contributed by atoms with E-state index in [2.05, 4.69) is 24.1 Å². The molecule has 0 saturated carbocycles. The average Bonchev–Trinajstić information content (AvgIpc) is 2.69. The highest BCUT2D eigenvalue weighted by atomic mass is 16.5. The lowest BCUT2D eigenvalue weighted by molar-refractivity contribution is -0.116. The Kier molecular flexibility index (Phi) is 5.63. The van der Waals surface area contributed by atoms with Gasteiger partial charge in [0.05, 0.1) is 31.4 Å². The van der Waals surface area contributed by atoms with Crippen LogP contribution in [0.15, 0.2) is 47.5 Å². The Hall–Kier alpha value is -3.35. The Bertz CT molecular complexity index is 1070. The molecule has 1 heterocycles. The van der Waals surface area contributed by atoms with Gasteiger partial charge in [0.15, 0.2) is 11.5 Å². The summed E-state index contributed by atoms with van der Waals surface area (Å²) in [6, 6.07) is 10.8. The second-order valence-electron chi connectivity index (χ2n) is 6.69. The zero-order valence-corrected chi connectivity index (χ0v) is 16.4. The van der Waals surface area contributed by atoms with Crippen LogP contribution in [0.2, 0.25) is 0 Å². The second-order valence-corrected chi connectivity index (χ2v) is 6.69.